The summed E-state index contributed by atoms with van der Waals surface area (Å²) in [5.41, 5.74) is 2.23. The highest BCUT2D eigenvalue weighted by molar-refractivity contribution is 8.18. The van der Waals surface area contributed by atoms with E-state index < -0.39 is 11.1 Å². The fraction of sp³-hybridized carbons (Fsp3) is 0.185. The number of thioether (sulfide) groups is 1. The molecule has 3 aromatic rings. The number of nitriles is 1. The number of amides is 3. The Morgan fingerprint density at radius 1 is 0.972 bits per heavy atom. The van der Waals surface area contributed by atoms with Crippen LogP contribution in [0.5, 0.6) is 0 Å². The minimum atomic E-state index is -0.517. The number of anilines is 1. The van der Waals surface area contributed by atoms with Gasteiger partial charge in [-0.05, 0) is 48.2 Å². The monoisotopic (exact) mass is 498 g/mol. The zero-order valence-electron chi connectivity index (χ0n) is 19.3. The fourth-order valence-corrected chi connectivity index (χ4v) is 5.04. The molecule has 0 spiro atoms. The highest BCUT2D eigenvalue weighted by Gasteiger charge is 2.37. The minimum absolute atomic E-state index is 0.191. The molecule has 3 amide bonds. The van der Waals surface area contributed by atoms with Gasteiger partial charge < -0.3 is 14.2 Å². The molecule has 0 radical (unpaired) electrons. The molecular formula is C27H22N4O4S. The maximum absolute atomic E-state index is 12.9. The largest absolute Gasteiger partial charge is 0.457 e. The van der Waals surface area contributed by atoms with Gasteiger partial charge in [0.05, 0.1) is 16.5 Å². The minimum Gasteiger partial charge on any atom is -0.457 e. The first kappa shape index (κ1) is 23.5. The molecular weight excluding hydrogens is 476 g/mol. The molecule has 2 aliphatic rings. The van der Waals surface area contributed by atoms with Crippen LogP contribution in [0.2, 0.25) is 0 Å². The second-order valence-electron chi connectivity index (χ2n) is 8.33. The van der Waals surface area contributed by atoms with Gasteiger partial charge >= 0.3 is 0 Å². The van der Waals surface area contributed by atoms with Gasteiger partial charge in [-0.3, -0.25) is 19.3 Å². The van der Waals surface area contributed by atoms with Gasteiger partial charge in [-0.25, -0.2) is 0 Å². The quantitative estimate of drug-likeness (QED) is 0.486. The normalized spacial score (nSPS) is 17.1. The summed E-state index contributed by atoms with van der Waals surface area (Å²) in [6.07, 6.45) is 1.49. The molecule has 3 heterocycles. The number of imide groups is 1. The first-order valence-electron chi connectivity index (χ1n) is 11.5. The second kappa shape index (κ2) is 10.1. The van der Waals surface area contributed by atoms with Crippen LogP contribution >= 0.6 is 11.8 Å². The number of hydrogen-bond acceptors (Lipinski definition) is 7. The first-order chi connectivity index (χ1) is 17.5. The van der Waals surface area contributed by atoms with Crippen LogP contribution in [0, 0.1) is 11.3 Å². The highest BCUT2D eigenvalue weighted by Crippen LogP contribution is 2.34. The van der Waals surface area contributed by atoms with Gasteiger partial charge in [0.15, 0.2) is 0 Å². The summed E-state index contributed by atoms with van der Waals surface area (Å²) in [6, 6.07) is 22.6. The number of nitrogens with zero attached hydrogens (tertiary/aromatic N) is 4. The van der Waals surface area contributed by atoms with Crippen LogP contribution in [0.1, 0.15) is 11.3 Å². The zero-order chi connectivity index (χ0) is 25.1. The van der Waals surface area contributed by atoms with Crippen molar-refractivity contribution in [2.75, 3.05) is 37.6 Å². The molecule has 1 aromatic heterocycles. The number of carbonyl (C=O) groups excluding carboxylic acids is 3. The summed E-state index contributed by atoms with van der Waals surface area (Å²) in [5.74, 6) is 0.102. The van der Waals surface area contributed by atoms with Crippen LogP contribution in [0.25, 0.3) is 17.4 Å². The Morgan fingerprint density at radius 2 is 1.69 bits per heavy atom. The van der Waals surface area contributed by atoms with Crippen molar-refractivity contribution in [1.82, 2.24) is 9.80 Å². The van der Waals surface area contributed by atoms with Crippen molar-refractivity contribution in [2.45, 2.75) is 0 Å². The van der Waals surface area contributed by atoms with Crippen LogP contribution in [0.3, 0.4) is 0 Å². The van der Waals surface area contributed by atoms with Crippen molar-refractivity contribution in [2.24, 2.45) is 0 Å². The smallest absolute Gasteiger partial charge is 0.294 e. The van der Waals surface area contributed by atoms with E-state index in [1.165, 1.54) is 6.08 Å². The number of benzene rings is 2. The van der Waals surface area contributed by atoms with Crippen molar-refractivity contribution >= 4 is 40.6 Å². The Balaban J connectivity index is 1.22. The summed E-state index contributed by atoms with van der Waals surface area (Å²) < 4.78 is 5.81. The van der Waals surface area contributed by atoms with Gasteiger partial charge in [0.1, 0.15) is 18.1 Å². The molecule has 2 fully saturated rings. The van der Waals surface area contributed by atoms with E-state index >= 15 is 0 Å². The maximum Gasteiger partial charge on any atom is 0.294 e. The van der Waals surface area contributed by atoms with Crippen molar-refractivity contribution in [1.29, 1.82) is 5.26 Å². The van der Waals surface area contributed by atoms with E-state index in [9.17, 15) is 19.6 Å². The van der Waals surface area contributed by atoms with Gasteiger partial charge in [0.25, 0.3) is 11.1 Å². The van der Waals surface area contributed by atoms with E-state index in [0.717, 1.165) is 22.3 Å². The molecule has 180 valence electrons. The third kappa shape index (κ3) is 4.76. The fourth-order valence-electron chi connectivity index (χ4n) is 4.22. The third-order valence-electron chi connectivity index (χ3n) is 6.13. The molecule has 0 aliphatic carbocycles. The first-order valence-corrected chi connectivity index (χ1v) is 12.3. The van der Waals surface area contributed by atoms with Gasteiger partial charge in [0, 0.05) is 43.5 Å². The number of rotatable bonds is 5. The van der Waals surface area contributed by atoms with E-state index in [1.807, 2.05) is 36.4 Å². The van der Waals surface area contributed by atoms with Crippen molar-refractivity contribution in [3.63, 3.8) is 0 Å². The molecule has 5 rings (SSSR count). The van der Waals surface area contributed by atoms with E-state index in [-0.39, 0.29) is 17.4 Å². The maximum atomic E-state index is 12.9. The van der Waals surface area contributed by atoms with Crippen LogP contribution < -0.4 is 4.90 Å². The lowest BCUT2D eigenvalue weighted by Gasteiger charge is -2.36. The van der Waals surface area contributed by atoms with Crippen LogP contribution in [0.4, 0.5) is 10.5 Å². The standard InChI is InChI=1S/C27H22N4O4S/c28-17-19-6-4-5-9-22(19)23-11-10-21(35-23)16-24-26(33)31(27(34)36-24)18-25(32)30-14-12-29(13-15-30)20-7-2-1-3-8-20/h1-11,16H,12-15,18H2/b24-16+. The molecule has 0 N–H and O–H groups in total. The highest BCUT2D eigenvalue weighted by atomic mass is 32.2. The number of hydrogen-bond donors (Lipinski definition) is 0. The SMILES string of the molecule is N#Cc1ccccc1-c1ccc(/C=C2/SC(=O)N(CC(=O)N3CCN(c4ccccc4)CC3)C2=O)o1. The summed E-state index contributed by atoms with van der Waals surface area (Å²) >= 11 is 0.783. The van der Waals surface area contributed by atoms with Crippen molar-refractivity contribution in [3.8, 4) is 17.4 Å². The number of para-hydroxylation sites is 1. The zero-order valence-corrected chi connectivity index (χ0v) is 20.1. The predicted octanol–water partition coefficient (Wildman–Crippen LogP) is 4.20. The molecule has 2 aromatic carbocycles. The molecule has 0 saturated carbocycles. The lowest BCUT2D eigenvalue weighted by atomic mass is 10.1. The van der Waals surface area contributed by atoms with Crippen molar-refractivity contribution in [3.05, 3.63) is 83.0 Å². The second-order valence-corrected chi connectivity index (χ2v) is 9.32. The van der Waals surface area contributed by atoms with Gasteiger partial charge in [-0.2, -0.15) is 5.26 Å². The lowest BCUT2D eigenvalue weighted by Crippen LogP contribution is -2.51. The Labute approximate surface area is 212 Å². The summed E-state index contributed by atoms with van der Waals surface area (Å²) in [7, 11) is 0. The summed E-state index contributed by atoms with van der Waals surface area (Å²) in [6.45, 7) is 2.14. The Morgan fingerprint density at radius 3 is 2.44 bits per heavy atom. The lowest BCUT2D eigenvalue weighted by molar-refractivity contribution is -0.136. The Bertz CT molecular complexity index is 1380. The summed E-state index contributed by atoms with van der Waals surface area (Å²) in [4.78, 5) is 43.4. The number of furan rings is 1. The molecule has 0 bridgehead atoms. The molecule has 36 heavy (non-hydrogen) atoms. The molecule has 2 aliphatic heterocycles. The van der Waals surface area contributed by atoms with E-state index in [4.69, 9.17) is 4.42 Å². The molecule has 0 unspecified atom stereocenters. The van der Waals surface area contributed by atoms with Gasteiger partial charge in [-0.1, -0.05) is 30.3 Å². The van der Waals surface area contributed by atoms with Crippen molar-refractivity contribution < 1.29 is 18.8 Å². The molecule has 0 atom stereocenters. The van der Waals surface area contributed by atoms with Crippen LogP contribution in [0.15, 0.2) is 76.1 Å². The topological polar surface area (TPSA) is 97.9 Å². The Kier molecular flexibility index (Phi) is 6.60. The van der Waals surface area contributed by atoms with E-state index in [1.54, 1.807) is 35.2 Å². The molecule has 8 nitrogen and oxygen atoms in total. The van der Waals surface area contributed by atoms with E-state index in [2.05, 4.69) is 11.0 Å². The number of carbonyl (C=O) groups is 3. The average molecular weight is 499 g/mol. The summed E-state index contributed by atoms with van der Waals surface area (Å²) in [5, 5.41) is 8.83. The average Bonchev–Trinajstić information content (AvgIpc) is 3.49. The molecule has 2 saturated heterocycles. The Hall–Kier alpha value is -4.29. The van der Waals surface area contributed by atoms with Crippen LogP contribution in [-0.2, 0) is 9.59 Å². The van der Waals surface area contributed by atoms with Crippen LogP contribution in [-0.4, -0.2) is 59.6 Å². The molecule has 9 heteroatoms. The third-order valence-corrected chi connectivity index (χ3v) is 7.04. The van der Waals surface area contributed by atoms with Gasteiger partial charge in [0.2, 0.25) is 5.91 Å². The predicted molar refractivity (Wildman–Crippen MR) is 137 cm³/mol. The van der Waals surface area contributed by atoms with Gasteiger partial charge in [-0.15, -0.1) is 0 Å². The number of piperazine rings is 1. The van der Waals surface area contributed by atoms with E-state index in [0.29, 0.717) is 48.8 Å².